The minimum atomic E-state index is -4.54. The largest absolute Gasteiger partial charge is 0.489 e. The first-order valence-electron chi connectivity index (χ1n) is 8.63. The number of alkyl halides is 3. The van der Waals surface area contributed by atoms with Crippen LogP contribution in [0, 0.1) is 0 Å². The number of amides is 1. The third-order valence-electron chi connectivity index (χ3n) is 4.10. The molecule has 1 N–H and O–H groups in total. The average molecular weight is 405 g/mol. The summed E-state index contributed by atoms with van der Waals surface area (Å²) in [5.74, 6) is 0.133. The van der Waals surface area contributed by atoms with E-state index < -0.39 is 17.6 Å². The van der Waals surface area contributed by atoms with E-state index in [9.17, 15) is 18.0 Å². The van der Waals surface area contributed by atoms with Gasteiger partial charge in [0.1, 0.15) is 12.4 Å². The van der Waals surface area contributed by atoms with E-state index in [2.05, 4.69) is 12.2 Å². The molecular formula is C21H18F3NO2S. The molecule has 0 radical (unpaired) electrons. The van der Waals surface area contributed by atoms with Gasteiger partial charge in [0, 0.05) is 5.56 Å². The fourth-order valence-corrected chi connectivity index (χ4v) is 3.37. The monoisotopic (exact) mass is 405 g/mol. The van der Waals surface area contributed by atoms with Gasteiger partial charge in [0.05, 0.1) is 16.1 Å². The number of para-hydroxylation sites is 1. The van der Waals surface area contributed by atoms with E-state index >= 15 is 0 Å². The molecule has 0 atom stereocenters. The fourth-order valence-electron chi connectivity index (χ4n) is 2.58. The van der Waals surface area contributed by atoms with E-state index in [1.165, 1.54) is 23.8 Å². The zero-order valence-electron chi connectivity index (χ0n) is 15.0. The summed E-state index contributed by atoms with van der Waals surface area (Å²) in [6.07, 6.45) is -3.59. The Hall–Kier alpha value is -2.80. The lowest BCUT2D eigenvalue weighted by Crippen LogP contribution is -2.15. The lowest BCUT2D eigenvalue weighted by Gasteiger charge is -2.12. The third-order valence-corrected chi connectivity index (χ3v) is 5.07. The van der Waals surface area contributed by atoms with Gasteiger partial charge >= 0.3 is 6.18 Å². The highest BCUT2D eigenvalue weighted by atomic mass is 32.1. The smallest absolute Gasteiger partial charge is 0.418 e. The first-order valence-corrected chi connectivity index (χ1v) is 9.51. The zero-order chi connectivity index (χ0) is 20.1. The fraction of sp³-hybridized carbons (Fsp3) is 0.190. The third kappa shape index (κ3) is 4.92. The van der Waals surface area contributed by atoms with E-state index in [4.69, 9.17) is 4.74 Å². The molecule has 3 aromatic rings. The van der Waals surface area contributed by atoms with E-state index in [0.29, 0.717) is 10.6 Å². The molecule has 1 aromatic heterocycles. The van der Waals surface area contributed by atoms with Crippen molar-refractivity contribution < 1.29 is 22.7 Å². The van der Waals surface area contributed by atoms with E-state index in [1.54, 1.807) is 11.4 Å². The van der Waals surface area contributed by atoms with E-state index in [-0.39, 0.29) is 12.3 Å². The minimum Gasteiger partial charge on any atom is -0.489 e. The topological polar surface area (TPSA) is 38.3 Å². The first kappa shape index (κ1) is 19.9. The zero-order valence-corrected chi connectivity index (χ0v) is 15.9. The molecule has 0 aliphatic carbocycles. The second kappa shape index (κ2) is 8.48. The average Bonchev–Trinajstić information content (AvgIpc) is 3.15. The lowest BCUT2D eigenvalue weighted by atomic mass is 10.1. The highest BCUT2D eigenvalue weighted by Gasteiger charge is 2.33. The first-order chi connectivity index (χ1) is 13.4. The molecule has 2 aromatic carbocycles. The summed E-state index contributed by atoms with van der Waals surface area (Å²) in [5.41, 5.74) is 0.848. The maximum atomic E-state index is 13.0. The molecule has 0 saturated heterocycles. The van der Waals surface area contributed by atoms with Crippen molar-refractivity contribution in [3.05, 3.63) is 81.5 Å². The summed E-state index contributed by atoms with van der Waals surface area (Å²) in [5, 5.41) is 4.10. The molecule has 0 saturated carbocycles. The van der Waals surface area contributed by atoms with Crippen molar-refractivity contribution in [2.24, 2.45) is 0 Å². The molecule has 28 heavy (non-hydrogen) atoms. The van der Waals surface area contributed by atoms with Crippen LogP contribution in [0.15, 0.2) is 60.0 Å². The molecule has 0 aliphatic heterocycles. The highest BCUT2D eigenvalue weighted by Crippen LogP contribution is 2.35. The molecule has 3 rings (SSSR count). The highest BCUT2D eigenvalue weighted by molar-refractivity contribution is 7.12. The van der Waals surface area contributed by atoms with Crippen molar-refractivity contribution in [1.29, 1.82) is 0 Å². The number of aryl methyl sites for hydroxylation is 1. The van der Waals surface area contributed by atoms with Gasteiger partial charge in [-0.25, -0.2) is 0 Å². The Morgan fingerprint density at radius 2 is 1.79 bits per heavy atom. The molecule has 1 heterocycles. The summed E-state index contributed by atoms with van der Waals surface area (Å²) in [6, 6.07) is 14.3. The van der Waals surface area contributed by atoms with Gasteiger partial charge < -0.3 is 10.1 Å². The second-order valence-corrected chi connectivity index (χ2v) is 7.01. The van der Waals surface area contributed by atoms with Crippen LogP contribution in [-0.2, 0) is 19.2 Å². The van der Waals surface area contributed by atoms with Gasteiger partial charge in [-0.2, -0.15) is 13.2 Å². The summed E-state index contributed by atoms with van der Waals surface area (Å²) in [7, 11) is 0. The summed E-state index contributed by atoms with van der Waals surface area (Å²) < 4.78 is 44.8. The number of ether oxygens (including phenoxy) is 1. The van der Waals surface area contributed by atoms with Crippen LogP contribution in [0.5, 0.6) is 5.75 Å². The van der Waals surface area contributed by atoms with Crippen LogP contribution in [0.1, 0.15) is 33.3 Å². The van der Waals surface area contributed by atoms with Crippen molar-refractivity contribution in [3.63, 3.8) is 0 Å². The Kier molecular flexibility index (Phi) is 6.04. The van der Waals surface area contributed by atoms with Crippen LogP contribution in [0.4, 0.5) is 18.9 Å². The van der Waals surface area contributed by atoms with Crippen molar-refractivity contribution >= 4 is 22.9 Å². The molecule has 0 spiro atoms. The van der Waals surface area contributed by atoms with Crippen LogP contribution in [0.25, 0.3) is 0 Å². The Morgan fingerprint density at radius 3 is 2.46 bits per heavy atom. The van der Waals surface area contributed by atoms with Crippen LogP contribution in [0.2, 0.25) is 0 Å². The molecule has 0 aliphatic rings. The summed E-state index contributed by atoms with van der Waals surface area (Å²) in [4.78, 5) is 12.7. The summed E-state index contributed by atoms with van der Waals surface area (Å²) >= 11 is 1.16. The molecule has 1 amide bonds. The number of hydrogen-bond acceptors (Lipinski definition) is 3. The predicted molar refractivity (Wildman–Crippen MR) is 104 cm³/mol. The van der Waals surface area contributed by atoms with Crippen LogP contribution in [-0.4, -0.2) is 5.91 Å². The van der Waals surface area contributed by atoms with Gasteiger partial charge in [-0.3, -0.25) is 4.79 Å². The maximum Gasteiger partial charge on any atom is 0.418 e. The van der Waals surface area contributed by atoms with Gasteiger partial charge in [-0.15, -0.1) is 11.3 Å². The normalized spacial score (nSPS) is 11.3. The number of benzene rings is 2. The van der Waals surface area contributed by atoms with Crippen LogP contribution < -0.4 is 10.1 Å². The minimum absolute atomic E-state index is 0.262. The number of rotatable bonds is 6. The van der Waals surface area contributed by atoms with Crippen molar-refractivity contribution in [2.75, 3.05) is 5.32 Å². The molecule has 7 heteroatoms. The van der Waals surface area contributed by atoms with Crippen LogP contribution in [0.3, 0.4) is 0 Å². The molecular weight excluding hydrogens is 387 g/mol. The van der Waals surface area contributed by atoms with Gasteiger partial charge in [-0.05, 0) is 47.7 Å². The Bertz CT molecular complexity index is 949. The van der Waals surface area contributed by atoms with Gasteiger partial charge in [0.15, 0.2) is 0 Å². The quantitative estimate of drug-likeness (QED) is 0.533. The standard InChI is InChI=1S/C21H18F3NO2S/c1-2-14-7-9-16(10-8-14)27-12-15-11-19(28-13-15)20(26)25-18-6-4-3-5-17(18)21(22,23)24/h3-11,13H,2,12H2,1H3,(H,25,26). The molecule has 3 nitrogen and oxygen atoms in total. The number of nitrogens with one attached hydrogen (secondary N) is 1. The predicted octanol–water partition coefficient (Wildman–Crippen LogP) is 6.16. The van der Waals surface area contributed by atoms with Crippen LogP contribution >= 0.6 is 11.3 Å². The number of anilines is 1. The molecule has 146 valence electrons. The number of hydrogen-bond donors (Lipinski definition) is 1. The number of thiophene rings is 1. The number of carbonyl (C=O) groups is 1. The molecule has 0 fully saturated rings. The molecule has 0 unspecified atom stereocenters. The van der Waals surface area contributed by atoms with Gasteiger partial charge in [0.25, 0.3) is 5.91 Å². The SMILES string of the molecule is CCc1ccc(OCc2csc(C(=O)Nc3ccccc3C(F)(F)F)c2)cc1. The van der Waals surface area contributed by atoms with E-state index in [1.807, 2.05) is 24.3 Å². The Morgan fingerprint density at radius 1 is 1.07 bits per heavy atom. The van der Waals surface area contributed by atoms with Crippen molar-refractivity contribution in [3.8, 4) is 5.75 Å². The van der Waals surface area contributed by atoms with Gasteiger partial charge in [-0.1, -0.05) is 31.2 Å². The second-order valence-electron chi connectivity index (χ2n) is 6.10. The lowest BCUT2D eigenvalue weighted by molar-refractivity contribution is -0.136. The molecule has 0 bridgehead atoms. The number of carbonyl (C=O) groups excluding carboxylic acids is 1. The Labute approximate surface area is 164 Å². The summed E-state index contributed by atoms with van der Waals surface area (Å²) in [6.45, 7) is 2.34. The van der Waals surface area contributed by atoms with Crippen molar-refractivity contribution in [1.82, 2.24) is 0 Å². The number of halogens is 3. The van der Waals surface area contributed by atoms with Crippen molar-refractivity contribution in [2.45, 2.75) is 26.1 Å². The van der Waals surface area contributed by atoms with Gasteiger partial charge in [0.2, 0.25) is 0 Å². The Balaban J connectivity index is 1.64. The van der Waals surface area contributed by atoms with E-state index in [0.717, 1.165) is 29.4 Å². The maximum absolute atomic E-state index is 13.0.